The zero-order chi connectivity index (χ0) is 18.4. The third-order valence-electron chi connectivity index (χ3n) is 4.92. The van der Waals surface area contributed by atoms with Crippen molar-refractivity contribution in [1.82, 2.24) is 15.2 Å². The number of aromatic nitrogens is 1. The summed E-state index contributed by atoms with van der Waals surface area (Å²) in [5.41, 5.74) is 1.96. The molecule has 26 heavy (non-hydrogen) atoms. The Kier molecular flexibility index (Phi) is 6.01. The number of pyridine rings is 1. The molecule has 1 fully saturated rings. The van der Waals surface area contributed by atoms with Crippen LogP contribution in [0.1, 0.15) is 29.7 Å². The van der Waals surface area contributed by atoms with Gasteiger partial charge in [0.2, 0.25) is 0 Å². The standard InChI is InChI=1S/C21H27N3O2/c1-17-14-19(8-11-23-17)15-22-16-21(26)10-5-12-24(20(21)25)13-9-18-6-3-2-4-7-18/h2-4,6-8,11,14,22,26H,5,9-10,12-13,15-16H2,1H3/t21-/m0/s1. The molecule has 5 heteroatoms. The first kappa shape index (κ1) is 18.5. The van der Waals surface area contributed by atoms with E-state index < -0.39 is 5.60 Å². The molecule has 5 nitrogen and oxygen atoms in total. The zero-order valence-corrected chi connectivity index (χ0v) is 15.3. The molecule has 1 aliphatic rings. The minimum absolute atomic E-state index is 0.155. The largest absolute Gasteiger partial charge is 0.379 e. The highest BCUT2D eigenvalue weighted by Gasteiger charge is 2.41. The molecule has 0 radical (unpaired) electrons. The van der Waals surface area contributed by atoms with Crippen LogP contribution < -0.4 is 5.32 Å². The van der Waals surface area contributed by atoms with Gasteiger partial charge in [0, 0.05) is 38.1 Å². The van der Waals surface area contributed by atoms with E-state index in [0.29, 0.717) is 19.5 Å². The van der Waals surface area contributed by atoms with Gasteiger partial charge in [0.1, 0.15) is 0 Å². The molecule has 0 saturated carbocycles. The van der Waals surface area contributed by atoms with Crippen LogP contribution >= 0.6 is 0 Å². The lowest BCUT2D eigenvalue weighted by Crippen LogP contribution is -2.58. The van der Waals surface area contributed by atoms with Crippen molar-refractivity contribution in [1.29, 1.82) is 0 Å². The van der Waals surface area contributed by atoms with E-state index in [1.165, 1.54) is 5.56 Å². The van der Waals surface area contributed by atoms with Crippen LogP contribution in [-0.4, -0.2) is 46.1 Å². The van der Waals surface area contributed by atoms with Crippen molar-refractivity contribution >= 4 is 5.91 Å². The van der Waals surface area contributed by atoms with E-state index in [9.17, 15) is 9.90 Å². The second-order valence-electron chi connectivity index (χ2n) is 7.07. The minimum atomic E-state index is -1.31. The van der Waals surface area contributed by atoms with Crippen molar-refractivity contribution in [2.24, 2.45) is 0 Å². The SMILES string of the molecule is Cc1cc(CNC[C@@]2(O)CCCN(CCc3ccccc3)C2=O)ccn1. The van der Waals surface area contributed by atoms with Crippen LogP contribution in [0.2, 0.25) is 0 Å². The van der Waals surface area contributed by atoms with Crippen molar-refractivity contribution in [2.45, 2.75) is 38.3 Å². The number of nitrogens with zero attached hydrogens (tertiary/aromatic N) is 2. The molecular weight excluding hydrogens is 326 g/mol. The second kappa shape index (κ2) is 8.43. The summed E-state index contributed by atoms with van der Waals surface area (Å²) in [6, 6.07) is 14.1. The first-order chi connectivity index (χ1) is 12.6. The Bertz CT molecular complexity index is 735. The average Bonchev–Trinajstić information content (AvgIpc) is 2.64. The Morgan fingerprint density at radius 2 is 2.04 bits per heavy atom. The molecule has 2 aromatic rings. The molecule has 0 aliphatic carbocycles. The average molecular weight is 353 g/mol. The summed E-state index contributed by atoms with van der Waals surface area (Å²) >= 11 is 0. The molecule has 2 N–H and O–H groups in total. The molecule has 1 aromatic heterocycles. The van der Waals surface area contributed by atoms with E-state index in [2.05, 4.69) is 22.4 Å². The van der Waals surface area contributed by atoms with E-state index >= 15 is 0 Å². The van der Waals surface area contributed by atoms with Gasteiger partial charge in [-0.3, -0.25) is 9.78 Å². The van der Waals surface area contributed by atoms with Gasteiger partial charge in [-0.1, -0.05) is 30.3 Å². The van der Waals surface area contributed by atoms with Crippen molar-refractivity contribution in [2.75, 3.05) is 19.6 Å². The maximum Gasteiger partial charge on any atom is 0.255 e. The van der Waals surface area contributed by atoms with E-state index in [0.717, 1.165) is 30.6 Å². The monoisotopic (exact) mass is 353 g/mol. The number of hydrogen-bond donors (Lipinski definition) is 2. The highest BCUT2D eigenvalue weighted by Crippen LogP contribution is 2.22. The smallest absolute Gasteiger partial charge is 0.255 e. The molecule has 2 heterocycles. The fraction of sp³-hybridized carbons (Fsp3) is 0.429. The molecule has 0 spiro atoms. The molecule has 1 aliphatic heterocycles. The van der Waals surface area contributed by atoms with Crippen LogP contribution in [0.5, 0.6) is 0 Å². The number of nitrogens with one attached hydrogen (secondary N) is 1. The predicted octanol–water partition coefficient (Wildman–Crippen LogP) is 2.08. The fourth-order valence-corrected chi connectivity index (χ4v) is 3.48. The van der Waals surface area contributed by atoms with Crippen molar-refractivity contribution in [3.05, 3.63) is 65.5 Å². The lowest BCUT2D eigenvalue weighted by atomic mass is 9.91. The maximum absolute atomic E-state index is 12.8. The Hall–Kier alpha value is -2.24. The molecule has 0 unspecified atom stereocenters. The molecule has 3 rings (SSSR count). The van der Waals surface area contributed by atoms with Crippen LogP contribution in [0, 0.1) is 6.92 Å². The topological polar surface area (TPSA) is 65.5 Å². The summed E-state index contributed by atoms with van der Waals surface area (Å²) in [5, 5.41) is 14.1. The maximum atomic E-state index is 12.8. The van der Waals surface area contributed by atoms with Gasteiger partial charge in [0.05, 0.1) is 0 Å². The molecule has 138 valence electrons. The number of aryl methyl sites for hydroxylation is 1. The first-order valence-corrected chi connectivity index (χ1v) is 9.25. The van der Waals surface area contributed by atoms with Gasteiger partial charge in [-0.2, -0.15) is 0 Å². The number of benzene rings is 1. The summed E-state index contributed by atoms with van der Waals surface area (Å²) in [7, 11) is 0. The second-order valence-corrected chi connectivity index (χ2v) is 7.07. The Balaban J connectivity index is 1.53. The predicted molar refractivity (Wildman–Crippen MR) is 102 cm³/mol. The summed E-state index contributed by atoms with van der Waals surface area (Å²) in [6.07, 6.45) is 3.92. The number of hydrogen-bond acceptors (Lipinski definition) is 4. The molecule has 1 aromatic carbocycles. The van der Waals surface area contributed by atoms with Crippen molar-refractivity contribution < 1.29 is 9.90 Å². The van der Waals surface area contributed by atoms with Gasteiger partial charge >= 0.3 is 0 Å². The van der Waals surface area contributed by atoms with E-state index in [4.69, 9.17) is 0 Å². The Morgan fingerprint density at radius 1 is 1.23 bits per heavy atom. The van der Waals surface area contributed by atoms with Crippen LogP contribution in [0.4, 0.5) is 0 Å². The van der Waals surface area contributed by atoms with Crippen LogP contribution in [-0.2, 0) is 17.8 Å². The van der Waals surface area contributed by atoms with Gasteiger partial charge < -0.3 is 15.3 Å². The van der Waals surface area contributed by atoms with Crippen LogP contribution in [0.15, 0.2) is 48.7 Å². The third-order valence-corrected chi connectivity index (χ3v) is 4.92. The molecule has 1 atom stereocenters. The highest BCUT2D eigenvalue weighted by molar-refractivity contribution is 5.86. The number of carbonyl (C=O) groups is 1. The molecule has 1 amide bonds. The van der Waals surface area contributed by atoms with Gasteiger partial charge in [-0.15, -0.1) is 0 Å². The quantitative estimate of drug-likeness (QED) is 0.800. The van der Waals surface area contributed by atoms with E-state index in [-0.39, 0.29) is 12.5 Å². The summed E-state index contributed by atoms with van der Waals surface area (Å²) in [6.45, 7) is 4.20. The van der Waals surface area contributed by atoms with Gasteiger partial charge in [-0.05, 0) is 49.4 Å². The zero-order valence-electron chi connectivity index (χ0n) is 15.3. The van der Waals surface area contributed by atoms with E-state index in [1.807, 2.05) is 37.3 Å². The number of likely N-dealkylation sites (tertiary alicyclic amines) is 1. The molecule has 1 saturated heterocycles. The van der Waals surface area contributed by atoms with Gasteiger partial charge in [-0.25, -0.2) is 0 Å². The van der Waals surface area contributed by atoms with Gasteiger partial charge in [0.15, 0.2) is 5.60 Å². The third kappa shape index (κ3) is 4.68. The summed E-state index contributed by atoms with van der Waals surface area (Å²) < 4.78 is 0. The fourth-order valence-electron chi connectivity index (χ4n) is 3.48. The Morgan fingerprint density at radius 3 is 2.81 bits per heavy atom. The number of rotatable bonds is 7. The normalized spacial score (nSPS) is 20.4. The lowest BCUT2D eigenvalue weighted by molar-refractivity contribution is -0.156. The van der Waals surface area contributed by atoms with E-state index in [1.54, 1.807) is 11.1 Å². The summed E-state index contributed by atoms with van der Waals surface area (Å²) in [4.78, 5) is 18.8. The number of aliphatic hydroxyl groups is 1. The van der Waals surface area contributed by atoms with Crippen LogP contribution in [0.3, 0.4) is 0 Å². The van der Waals surface area contributed by atoms with Gasteiger partial charge in [0.25, 0.3) is 5.91 Å². The summed E-state index contributed by atoms with van der Waals surface area (Å²) in [5.74, 6) is -0.155. The number of piperidine rings is 1. The number of carbonyl (C=O) groups excluding carboxylic acids is 1. The molecule has 0 bridgehead atoms. The number of amides is 1. The van der Waals surface area contributed by atoms with Crippen molar-refractivity contribution in [3.63, 3.8) is 0 Å². The molecular formula is C21H27N3O2. The van der Waals surface area contributed by atoms with Crippen LogP contribution in [0.25, 0.3) is 0 Å². The highest BCUT2D eigenvalue weighted by atomic mass is 16.3. The van der Waals surface area contributed by atoms with Crippen molar-refractivity contribution in [3.8, 4) is 0 Å². The first-order valence-electron chi connectivity index (χ1n) is 9.25. The minimum Gasteiger partial charge on any atom is -0.379 e. The lowest BCUT2D eigenvalue weighted by Gasteiger charge is -2.38. The Labute approximate surface area is 155 Å².